The maximum absolute atomic E-state index is 12.9. The predicted molar refractivity (Wildman–Crippen MR) is 101 cm³/mol. The molecule has 29 heavy (non-hydrogen) atoms. The summed E-state index contributed by atoms with van der Waals surface area (Å²) in [6.07, 6.45) is 1.65. The number of anilines is 1. The van der Waals surface area contributed by atoms with E-state index >= 15 is 0 Å². The number of carbonyl (C=O) groups excluding carboxylic acids is 4. The summed E-state index contributed by atoms with van der Waals surface area (Å²) in [4.78, 5) is 52.2. The van der Waals surface area contributed by atoms with E-state index < -0.39 is 11.9 Å². The highest BCUT2D eigenvalue weighted by Crippen LogP contribution is 2.30. The molecule has 0 radical (unpaired) electrons. The summed E-state index contributed by atoms with van der Waals surface area (Å²) in [5.74, 6) is -0.920. The standard InChI is InChI=1S/C20H22N4O5/c25-17-4-3-16(19(27)22-17)24-8-11-1-2-12(5-15(11)20(24)28)21-7-18(26)23-9-14-6-13(23)10-29-14/h1-2,5,13-14,16,21H,3-4,6-10H2,(H,22,25,27). The number of piperidine rings is 1. The van der Waals surface area contributed by atoms with Crippen molar-refractivity contribution in [1.82, 2.24) is 15.1 Å². The van der Waals surface area contributed by atoms with Gasteiger partial charge in [0.1, 0.15) is 6.04 Å². The summed E-state index contributed by atoms with van der Waals surface area (Å²) in [5, 5.41) is 5.41. The number of fused-ring (bicyclic) bond motifs is 3. The van der Waals surface area contributed by atoms with Crippen molar-refractivity contribution < 1.29 is 23.9 Å². The quantitative estimate of drug-likeness (QED) is 0.684. The molecule has 4 aliphatic heterocycles. The molecular weight excluding hydrogens is 376 g/mol. The number of morpholine rings is 1. The van der Waals surface area contributed by atoms with E-state index in [1.807, 2.05) is 17.0 Å². The molecule has 2 N–H and O–H groups in total. The Labute approximate surface area is 167 Å². The Kier molecular flexibility index (Phi) is 4.27. The minimum Gasteiger partial charge on any atom is -0.376 e. The first kappa shape index (κ1) is 18.1. The highest BCUT2D eigenvalue weighted by Gasteiger charge is 2.41. The lowest BCUT2D eigenvalue weighted by molar-refractivity contribution is -0.137. The van der Waals surface area contributed by atoms with Gasteiger partial charge in [0.25, 0.3) is 5.91 Å². The second kappa shape index (κ2) is 6.84. The summed E-state index contributed by atoms with van der Waals surface area (Å²) in [6, 6.07) is 4.97. The van der Waals surface area contributed by atoms with Crippen LogP contribution in [0.5, 0.6) is 0 Å². The first-order chi connectivity index (χ1) is 14.0. The van der Waals surface area contributed by atoms with Gasteiger partial charge in [-0.15, -0.1) is 0 Å². The van der Waals surface area contributed by atoms with Crippen LogP contribution in [0.3, 0.4) is 0 Å². The number of nitrogens with zero attached hydrogens (tertiary/aromatic N) is 2. The molecule has 152 valence electrons. The largest absolute Gasteiger partial charge is 0.376 e. The molecule has 4 heterocycles. The third-order valence-corrected chi connectivity index (χ3v) is 6.19. The number of hydrogen-bond donors (Lipinski definition) is 2. The number of rotatable bonds is 4. The third-order valence-electron chi connectivity index (χ3n) is 6.19. The Bertz CT molecular complexity index is 916. The van der Waals surface area contributed by atoms with Gasteiger partial charge in [-0.3, -0.25) is 24.5 Å². The molecule has 3 fully saturated rings. The molecule has 3 atom stereocenters. The van der Waals surface area contributed by atoms with Crippen molar-refractivity contribution in [2.24, 2.45) is 0 Å². The van der Waals surface area contributed by atoms with Gasteiger partial charge in [-0.25, -0.2) is 0 Å². The Morgan fingerprint density at radius 1 is 1.28 bits per heavy atom. The smallest absolute Gasteiger partial charge is 0.255 e. The Morgan fingerprint density at radius 2 is 2.14 bits per heavy atom. The van der Waals surface area contributed by atoms with E-state index in [1.54, 1.807) is 6.07 Å². The lowest BCUT2D eigenvalue weighted by Gasteiger charge is -2.29. The molecule has 9 nitrogen and oxygen atoms in total. The SMILES string of the molecule is O=C1CCC(N2Cc3ccc(NCC(=O)N4CC5CC4CO5)cc3C2=O)C(=O)N1. The van der Waals surface area contributed by atoms with Crippen molar-refractivity contribution in [3.63, 3.8) is 0 Å². The Hall–Kier alpha value is -2.94. The molecule has 1 aromatic rings. The van der Waals surface area contributed by atoms with Crippen molar-refractivity contribution in [2.75, 3.05) is 25.0 Å². The number of amides is 4. The summed E-state index contributed by atoms with van der Waals surface area (Å²) >= 11 is 0. The van der Waals surface area contributed by atoms with E-state index in [1.165, 1.54) is 4.90 Å². The molecule has 0 aliphatic carbocycles. The van der Waals surface area contributed by atoms with Gasteiger partial charge < -0.3 is 19.9 Å². The maximum atomic E-state index is 12.9. The van der Waals surface area contributed by atoms with Gasteiger partial charge >= 0.3 is 0 Å². The molecule has 0 saturated carbocycles. The van der Waals surface area contributed by atoms with Crippen LogP contribution in [0.15, 0.2) is 18.2 Å². The number of likely N-dealkylation sites (tertiary alicyclic amines) is 1. The van der Waals surface area contributed by atoms with E-state index in [2.05, 4.69) is 10.6 Å². The highest BCUT2D eigenvalue weighted by molar-refractivity contribution is 6.05. The van der Waals surface area contributed by atoms with Crippen molar-refractivity contribution >= 4 is 29.3 Å². The van der Waals surface area contributed by atoms with Gasteiger partial charge in [0.15, 0.2) is 0 Å². The normalized spacial score (nSPS) is 28.0. The van der Waals surface area contributed by atoms with Crippen LogP contribution >= 0.6 is 0 Å². The van der Waals surface area contributed by atoms with Crippen LogP contribution in [-0.2, 0) is 25.7 Å². The van der Waals surface area contributed by atoms with Crippen molar-refractivity contribution in [1.29, 1.82) is 0 Å². The predicted octanol–water partition coefficient (Wildman–Crippen LogP) is -0.141. The number of benzene rings is 1. The molecule has 3 unspecified atom stereocenters. The zero-order valence-electron chi connectivity index (χ0n) is 15.8. The molecule has 2 bridgehead atoms. The van der Waals surface area contributed by atoms with Gasteiger partial charge in [-0.1, -0.05) is 6.07 Å². The van der Waals surface area contributed by atoms with Crippen molar-refractivity contribution in [2.45, 2.75) is 44.0 Å². The van der Waals surface area contributed by atoms with Crippen LogP contribution in [0, 0.1) is 0 Å². The van der Waals surface area contributed by atoms with Crippen LogP contribution in [0.4, 0.5) is 5.69 Å². The van der Waals surface area contributed by atoms with Crippen LogP contribution in [0.25, 0.3) is 0 Å². The maximum Gasteiger partial charge on any atom is 0.255 e. The minimum atomic E-state index is -0.626. The van der Waals surface area contributed by atoms with Crippen LogP contribution in [-0.4, -0.2) is 71.3 Å². The minimum absolute atomic E-state index is 0.0257. The summed E-state index contributed by atoms with van der Waals surface area (Å²) in [7, 11) is 0. The lowest BCUT2D eigenvalue weighted by atomic mass is 10.0. The fourth-order valence-corrected chi connectivity index (χ4v) is 4.65. The molecule has 5 rings (SSSR count). The van der Waals surface area contributed by atoms with E-state index in [0.29, 0.717) is 37.4 Å². The van der Waals surface area contributed by atoms with Crippen molar-refractivity contribution in [3.8, 4) is 0 Å². The topological polar surface area (TPSA) is 108 Å². The van der Waals surface area contributed by atoms with Crippen LogP contribution < -0.4 is 10.6 Å². The lowest BCUT2D eigenvalue weighted by Crippen LogP contribution is -2.52. The van der Waals surface area contributed by atoms with E-state index in [-0.39, 0.29) is 42.8 Å². The second-order valence-corrected chi connectivity index (χ2v) is 8.02. The molecule has 4 aliphatic rings. The van der Waals surface area contributed by atoms with Crippen molar-refractivity contribution in [3.05, 3.63) is 29.3 Å². The van der Waals surface area contributed by atoms with Gasteiger partial charge in [0.2, 0.25) is 17.7 Å². The first-order valence-corrected chi connectivity index (χ1v) is 9.92. The van der Waals surface area contributed by atoms with Gasteiger partial charge in [0, 0.05) is 30.8 Å². The first-order valence-electron chi connectivity index (χ1n) is 9.92. The average molecular weight is 398 g/mol. The Balaban J connectivity index is 1.24. The Morgan fingerprint density at radius 3 is 2.86 bits per heavy atom. The van der Waals surface area contributed by atoms with Gasteiger partial charge in [-0.2, -0.15) is 0 Å². The average Bonchev–Trinajstić information content (AvgIpc) is 3.41. The van der Waals surface area contributed by atoms with Gasteiger partial charge in [-0.05, 0) is 30.5 Å². The van der Waals surface area contributed by atoms with E-state index in [4.69, 9.17) is 4.74 Å². The second-order valence-electron chi connectivity index (χ2n) is 8.02. The van der Waals surface area contributed by atoms with E-state index in [9.17, 15) is 19.2 Å². The third kappa shape index (κ3) is 3.15. The number of ether oxygens (including phenoxy) is 1. The van der Waals surface area contributed by atoms with Crippen LogP contribution in [0.2, 0.25) is 0 Å². The molecule has 4 amide bonds. The fourth-order valence-electron chi connectivity index (χ4n) is 4.65. The molecule has 0 spiro atoms. The van der Waals surface area contributed by atoms with Gasteiger partial charge in [0.05, 0.1) is 25.3 Å². The van der Waals surface area contributed by atoms with Crippen LogP contribution in [0.1, 0.15) is 35.2 Å². The van der Waals surface area contributed by atoms with E-state index in [0.717, 1.165) is 12.0 Å². The summed E-state index contributed by atoms with van der Waals surface area (Å²) in [5.41, 5.74) is 2.06. The molecule has 9 heteroatoms. The molecular formula is C20H22N4O5. The number of carbonyl (C=O) groups is 4. The summed E-state index contributed by atoms with van der Waals surface area (Å²) < 4.78 is 5.53. The number of imide groups is 1. The molecule has 3 saturated heterocycles. The number of nitrogens with one attached hydrogen (secondary N) is 2. The zero-order valence-corrected chi connectivity index (χ0v) is 15.8. The monoisotopic (exact) mass is 398 g/mol. The molecule has 0 aromatic heterocycles. The fraction of sp³-hybridized carbons (Fsp3) is 0.500. The summed E-state index contributed by atoms with van der Waals surface area (Å²) in [6.45, 7) is 1.76. The molecule has 1 aromatic carbocycles. The highest BCUT2D eigenvalue weighted by atomic mass is 16.5. The zero-order chi connectivity index (χ0) is 20.1. The number of hydrogen-bond acceptors (Lipinski definition) is 6.